The summed E-state index contributed by atoms with van der Waals surface area (Å²) in [5, 5.41) is 0.183. The maximum atomic E-state index is 12.7. The van der Waals surface area contributed by atoms with E-state index in [9.17, 15) is 8.42 Å². The number of nitrogens with one attached hydrogen (secondary N) is 1. The Balaban J connectivity index is 1.82. The first-order valence-corrected chi connectivity index (χ1v) is 10.4. The first-order valence-electron chi connectivity index (χ1n) is 8.50. The van der Waals surface area contributed by atoms with Crippen LogP contribution in [0.1, 0.15) is 11.1 Å². The topological polar surface area (TPSA) is 64.6 Å². The van der Waals surface area contributed by atoms with Gasteiger partial charge in [0.1, 0.15) is 22.1 Å². The van der Waals surface area contributed by atoms with Gasteiger partial charge in [0.15, 0.2) is 0 Å². The highest BCUT2D eigenvalue weighted by Gasteiger charge is 2.18. The van der Waals surface area contributed by atoms with Gasteiger partial charge in [0.05, 0.1) is 12.1 Å². The maximum absolute atomic E-state index is 12.7. The van der Waals surface area contributed by atoms with Gasteiger partial charge in [-0.05, 0) is 67.4 Å². The second-order valence-electron chi connectivity index (χ2n) is 6.30. The van der Waals surface area contributed by atoms with Crippen molar-refractivity contribution in [2.45, 2.75) is 18.7 Å². The van der Waals surface area contributed by atoms with E-state index >= 15 is 0 Å². The van der Waals surface area contributed by atoms with Crippen LogP contribution in [-0.2, 0) is 10.0 Å². The van der Waals surface area contributed by atoms with Gasteiger partial charge in [-0.2, -0.15) is 0 Å². The van der Waals surface area contributed by atoms with E-state index in [-0.39, 0.29) is 9.92 Å². The van der Waals surface area contributed by atoms with Crippen molar-refractivity contribution in [2.24, 2.45) is 0 Å². The number of rotatable bonds is 6. The molecule has 0 saturated heterocycles. The summed E-state index contributed by atoms with van der Waals surface area (Å²) in [6, 6.07) is 17.1. The average Bonchev–Trinajstić information content (AvgIpc) is 2.63. The zero-order valence-corrected chi connectivity index (χ0v) is 17.3. The number of sulfonamides is 1. The molecule has 146 valence electrons. The lowest BCUT2D eigenvalue weighted by atomic mass is 10.2. The van der Waals surface area contributed by atoms with Crippen LogP contribution >= 0.6 is 11.6 Å². The van der Waals surface area contributed by atoms with E-state index in [1.165, 1.54) is 6.07 Å². The number of methoxy groups -OCH3 is 1. The predicted octanol–water partition coefficient (Wildman–Crippen LogP) is 5.56. The fraction of sp³-hybridized carbons (Fsp3) is 0.143. The standard InChI is InChI=1S/C21H20ClNO4S/c1-14-7-10-21(19(22)11-14)28(24,25)23-16-8-9-20(15(2)12-16)27-18-6-4-5-17(13-18)26-3/h4-13,23H,1-3H3. The number of ether oxygens (including phenoxy) is 2. The third-order valence-electron chi connectivity index (χ3n) is 4.07. The molecule has 0 aliphatic rings. The van der Waals surface area contributed by atoms with Gasteiger partial charge in [-0.3, -0.25) is 4.72 Å². The molecular formula is C21H20ClNO4S. The third-order valence-corrected chi connectivity index (χ3v) is 5.94. The molecule has 0 saturated carbocycles. The highest BCUT2D eigenvalue weighted by Crippen LogP contribution is 2.31. The number of halogens is 1. The van der Waals surface area contributed by atoms with Crippen LogP contribution in [0.25, 0.3) is 0 Å². The SMILES string of the molecule is COc1cccc(Oc2ccc(NS(=O)(=O)c3ccc(C)cc3Cl)cc2C)c1. The molecule has 0 radical (unpaired) electrons. The Bertz CT molecular complexity index is 1110. The maximum Gasteiger partial charge on any atom is 0.263 e. The molecule has 5 nitrogen and oxygen atoms in total. The molecule has 0 heterocycles. The molecule has 0 atom stereocenters. The Labute approximate surface area is 169 Å². The minimum atomic E-state index is -3.80. The van der Waals surface area contributed by atoms with E-state index in [2.05, 4.69) is 4.72 Å². The molecule has 7 heteroatoms. The van der Waals surface area contributed by atoms with Crippen molar-refractivity contribution in [2.75, 3.05) is 11.8 Å². The van der Waals surface area contributed by atoms with Gasteiger partial charge in [0.25, 0.3) is 10.0 Å². The van der Waals surface area contributed by atoms with Gasteiger partial charge < -0.3 is 9.47 Å². The Morgan fingerprint density at radius 1 is 0.929 bits per heavy atom. The number of hydrogen-bond donors (Lipinski definition) is 1. The second kappa shape index (κ2) is 8.12. The largest absolute Gasteiger partial charge is 0.497 e. The fourth-order valence-corrected chi connectivity index (χ4v) is 4.30. The Morgan fingerprint density at radius 3 is 2.36 bits per heavy atom. The molecule has 3 rings (SSSR count). The Kier molecular flexibility index (Phi) is 5.82. The highest BCUT2D eigenvalue weighted by molar-refractivity contribution is 7.92. The Morgan fingerprint density at radius 2 is 1.68 bits per heavy atom. The van der Waals surface area contributed by atoms with Crippen LogP contribution in [0.5, 0.6) is 17.2 Å². The average molecular weight is 418 g/mol. The lowest BCUT2D eigenvalue weighted by Crippen LogP contribution is -2.13. The predicted molar refractivity (Wildman–Crippen MR) is 111 cm³/mol. The quantitative estimate of drug-likeness (QED) is 0.570. The summed E-state index contributed by atoms with van der Waals surface area (Å²) in [6.07, 6.45) is 0. The van der Waals surface area contributed by atoms with Gasteiger partial charge in [-0.1, -0.05) is 23.7 Å². The molecule has 0 aliphatic heterocycles. The number of anilines is 1. The lowest BCUT2D eigenvalue weighted by molar-refractivity contribution is 0.409. The molecule has 0 spiro atoms. The number of aryl methyl sites for hydroxylation is 2. The molecule has 3 aromatic rings. The molecule has 0 bridgehead atoms. The van der Waals surface area contributed by atoms with Crippen molar-refractivity contribution in [3.8, 4) is 17.2 Å². The van der Waals surface area contributed by atoms with E-state index in [0.29, 0.717) is 22.9 Å². The van der Waals surface area contributed by atoms with Gasteiger partial charge in [0.2, 0.25) is 0 Å². The van der Waals surface area contributed by atoms with Crippen LogP contribution in [0.4, 0.5) is 5.69 Å². The molecule has 3 aromatic carbocycles. The van der Waals surface area contributed by atoms with Gasteiger partial charge in [0, 0.05) is 11.8 Å². The van der Waals surface area contributed by atoms with E-state index in [1.54, 1.807) is 43.5 Å². The van der Waals surface area contributed by atoms with Crippen LogP contribution in [0, 0.1) is 13.8 Å². The van der Waals surface area contributed by atoms with Crippen LogP contribution in [0.15, 0.2) is 65.6 Å². The van der Waals surface area contributed by atoms with Gasteiger partial charge in [-0.25, -0.2) is 8.42 Å². The summed E-state index contributed by atoms with van der Waals surface area (Å²) in [5.41, 5.74) is 2.09. The Hall–Kier alpha value is -2.70. The first kappa shape index (κ1) is 20.0. The number of hydrogen-bond acceptors (Lipinski definition) is 4. The number of benzene rings is 3. The summed E-state index contributed by atoms with van der Waals surface area (Å²) in [4.78, 5) is 0.0362. The fourth-order valence-electron chi connectivity index (χ4n) is 2.65. The summed E-state index contributed by atoms with van der Waals surface area (Å²) in [5.74, 6) is 1.93. The van der Waals surface area contributed by atoms with Crippen LogP contribution in [-0.4, -0.2) is 15.5 Å². The van der Waals surface area contributed by atoms with Crippen LogP contribution in [0.2, 0.25) is 5.02 Å². The van der Waals surface area contributed by atoms with E-state index in [1.807, 2.05) is 32.0 Å². The highest BCUT2D eigenvalue weighted by atomic mass is 35.5. The molecule has 0 unspecified atom stereocenters. The molecule has 28 heavy (non-hydrogen) atoms. The normalized spacial score (nSPS) is 11.1. The van der Waals surface area contributed by atoms with E-state index in [4.69, 9.17) is 21.1 Å². The zero-order valence-electron chi connectivity index (χ0n) is 15.7. The van der Waals surface area contributed by atoms with Crippen molar-refractivity contribution in [3.63, 3.8) is 0 Å². The molecule has 0 fully saturated rings. The third kappa shape index (κ3) is 4.58. The van der Waals surface area contributed by atoms with Crippen molar-refractivity contribution < 1.29 is 17.9 Å². The smallest absolute Gasteiger partial charge is 0.263 e. The van der Waals surface area contributed by atoms with Crippen LogP contribution in [0.3, 0.4) is 0 Å². The minimum Gasteiger partial charge on any atom is -0.497 e. The van der Waals surface area contributed by atoms with Crippen molar-refractivity contribution in [1.29, 1.82) is 0 Å². The summed E-state index contributed by atoms with van der Waals surface area (Å²) in [7, 11) is -2.21. The van der Waals surface area contributed by atoms with Crippen molar-refractivity contribution in [1.82, 2.24) is 0 Å². The first-order chi connectivity index (χ1) is 13.3. The monoisotopic (exact) mass is 417 g/mol. The molecule has 0 aliphatic carbocycles. The molecule has 0 aromatic heterocycles. The molecule has 0 amide bonds. The molecule has 1 N–H and O–H groups in total. The van der Waals surface area contributed by atoms with E-state index < -0.39 is 10.0 Å². The summed E-state index contributed by atoms with van der Waals surface area (Å²) in [6.45, 7) is 3.69. The van der Waals surface area contributed by atoms with Crippen molar-refractivity contribution in [3.05, 3.63) is 76.8 Å². The van der Waals surface area contributed by atoms with Gasteiger partial charge in [-0.15, -0.1) is 0 Å². The molecular weight excluding hydrogens is 398 g/mol. The summed E-state index contributed by atoms with van der Waals surface area (Å²) < 4.78 is 38.9. The summed E-state index contributed by atoms with van der Waals surface area (Å²) >= 11 is 6.10. The lowest BCUT2D eigenvalue weighted by Gasteiger charge is -2.13. The minimum absolute atomic E-state index is 0.0362. The second-order valence-corrected chi connectivity index (χ2v) is 8.36. The van der Waals surface area contributed by atoms with E-state index in [0.717, 1.165) is 11.1 Å². The van der Waals surface area contributed by atoms with Gasteiger partial charge >= 0.3 is 0 Å². The van der Waals surface area contributed by atoms with Crippen molar-refractivity contribution >= 4 is 27.3 Å². The zero-order chi connectivity index (χ0) is 20.3. The van der Waals surface area contributed by atoms with Crippen LogP contribution < -0.4 is 14.2 Å².